The first kappa shape index (κ1) is 12.6. The highest BCUT2D eigenvalue weighted by Crippen LogP contribution is 2.24. The molecule has 0 spiro atoms. The fourth-order valence-electron chi connectivity index (χ4n) is 1.89. The minimum atomic E-state index is -0.109. The van der Waals surface area contributed by atoms with Gasteiger partial charge in [0.25, 0.3) is 5.91 Å². The van der Waals surface area contributed by atoms with E-state index >= 15 is 0 Å². The van der Waals surface area contributed by atoms with Crippen LogP contribution in [0.3, 0.4) is 0 Å². The Morgan fingerprint density at radius 1 is 1.05 bits per heavy atom. The molecule has 98 valence electrons. The summed E-state index contributed by atoms with van der Waals surface area (Å²) in [6, 6.07) is 16.9. The number of carbonyl (C=O) groups excluding carboxylic acids is 1. The van der Waals surface area contributed by atoms with Gasteiger partial charge in [0.2, 0.25) is 0 Å². The molecule has 1 N–H and O–H groups in total. The van der Waals surface area contributed by atoms with Crippen LogP contribution in [0.1, 0.15) is 10.4 Å². The van der Waals surface area contributed by atoms with Crippen LogP contribution in [0.5, 0.6) is 0 Å². The lowest BCUT2D eigenvalue weighted by Crippen LogP contribution is -2.11. The predicted molar refractivity (Wildman–Crippen MR) is 81.9 cm³/mol. The largest absolute Gasteiger partial charge is 0.322 e. The van der Waals surface area contributed by atoms with Gasteiger partial charge in [0.15, 0.2) is 0 Å². The molecule has 0 radical (unpaired) electrons. The van der Waals surface area contributed by atoms with Gasteiger partial charge in [-0.2, -0.15) is 0 Å². The van der Waals surface area contributed by atoms with E-state index in [2.05, 4.69) is 10.3 Å². The van der Waals surface area contributed by atoms with Gasteiger partial charge < -0.3 is 5.32 Å². The highest BCUT2D eigenvalue weighted by molar-refractivity contribution is 7.13. The molecule has 0 aliphatic rings. The lowest BCUT2D eigenvalue weighted by Gasteiger charge is -2.06. The second-order valence-corrected chi connectivity index (χ2v) is 5.13. The Hall–Kier alpha value is -2.46. The van der Waals surface area contributed by atoms with Gasteiger partial charge in [0.05, 0.1) is 0 Å². The second-order valence-electron chi connectivity index (χ2n) is 4.24. The van der Waals surface area contributed by atoms with Crippen LogP contribution in [0.25, 0.3) is 10.6 Å². The Bertz CT molecular complexity index is 708. The summed E-state index contributed by atoms with van der Waals surface area (Å²) in [5, 5.41) is 5.78. The third kappa shape index (κ3) is 2.75. The number of hydrogen-bond donors (Lipinski definition) is 1. The molecule has 0 unspecified atom stereocenters. The van der Waals surface area contributed by atoms with Crippen molar-refractivity contribution >= 4 is 22.9 Å². The molecule has 0 saturated heterocycles. The number of nitrogens with one attached hydrogen (secondary N) is 1. The Balaban J connectivity index is 1.82. The van der Waals surface area contributed by atoms with Crippen molar-refractivity contribution in [1.29, 1.82) is 0 Å². The van der Waals surface area contributed by atoms with E-state index < -0.39 is 0 Å². The SMILES string of the molecule is O=C(Nc1cccc(-c2nccs2)c1)c1ccccc1. The number of anilines is 1. The van der Waals surface area contributed by atoms with Crippen LogP contribution in [0, 0.1) is 0 Å². The summed E-state index contributed by atoms with van der Waals surface area (Å²) >= 11 is 1.58. The van der Waals surface area contributed by atoms with E-state index in [4.69, 9.17) is 0 Å². The van der Waals surface area contributed by atoms with E-state index in [-0.39, 0.29) is 5.91 Å². The number of hydrogen-bond acceptors (Lipinski definition) is 3. The van der Waals surface area contributed by atoms with Crippen molar-refractivity contribution in [3.8, 4) is 10.6 Å². The zero-order valence-corrected chi connectivity index (χ0v) is 11.4. The van der Waals surface area contributed by atoms with E-state index in [9.17, 15) is 4.79 Å². The molecule has 20 heavy (non-hydrogen) atoms. The number of benzene rings is 2. The van der Waals surface area contributed by atoms with Gasteiger partial charge in [0.1, 0.15) is 5.01 Å². The van der Waals surface area contributed by atoms with Crippen LogP contribution < -0.4 is 5.32 Å². The molecule has 1 heterocycles. The van der Waals surface area contributed by atoms with Crippen molar-refractivity contribution in [3.63, 3.8) is 0 Å². The number of amides is 1. The molecule has 4 heteroatoms. The molecule has 3 nitrogen and oxygen atoms in total. The zero-order chi connectivity index (χ0) is 13.8. The minimum Gasteiger partial charge on any atom is -0.322 e. The molecular weight excluding hydrogens is 268 g/mol. The number of carbonyl (C=O) groups is 1. The summed E-state index contributed by atoms with van der Waals surface area (Å²) in [5.74, 6) is -0.109. The molecule has 3 aromatic rings. The normalized spacial score (nSPS) is 10.2. The highest BCUT2D eigenvalue weighted by atomic mass is 32.1. The molecule has 0 fully saturated rings. The Labute approximate surface area is 120 Å². The maximum atomic E-state index is 12.1. The van der Waals surface area contributed by atoms with E-state index in [0.717, 1.165) is 16.3 Å². The van der Waals surface area contributed by atoms with E-state index in [0.29, 0.717) is 5.56 Å². The minimum absolute atomic E-state index is 0.109. The highest BCUT2D eigenvalue weighted by Gasteiger charge is 2.06. The van der Waals surface area contributed by atoms with Crippen molar-refractivity contribution in [2.24, 2.45) is 0 Å². The fourth-order valence-corrected chi connectivity index (χ4v) is 2.52. The maximum Gasteiger partial charge on any atom is 0.255 e. The molecule has 3 rings (SSSR count). The summed E-state index contributed by atoms with van der Waals surface area (Å²) in [6.45, 7) is 0. The molecule has 2 aromatic carbocycles. The number of nitrogens with zero attached hydrogens (tertiary/aromatic N) is 1. The Morgan fingerprint density at radius 2 is 1.90 bits per heavy atom. The van der Waals surface area contributed by atoms with E-state index in [1.807, 2.05) is 47.8 Å². The van der Waals surface area contributed by atoms with Crippen molar-refractivity contribution < 1.29 is 4.79 Å². The summed E-state index contributed by atoms with van der Waals surface area (Å²) in [4.78, 5) is 16.4. The number of aromatic nitrogens is 1. The molecule has 1 aromatic heterocycles. The lowest BCUT2D eigenvalue weighted by atomic mass is 10.2. The van der Waals surface area contributed by atoms with Gasteiger partial charge in [0, 0.05) is 28.4 Å². The molecule has 0 atom stereocenters. The molecule has 1 amide bonds. The van der Waals surface area contributed by atoms with Gasteiger partial charge >= 0.3 is 0 Å². The first-order valence-corrected chi connectivity index (χ1v) is 7.07. The number of rotatable bonds is 3. The van der Waals surface area contributed by atoms with Gasteiger partial charge in [-0.05, 0) is 24.3 Å². The van der Waals surface area contributed by atoms with E-state index in [1.54, 1.807) is 29.7 Å². The van der Waals surface area contributed by atoms with Crippen LogP contribution >= 0.6 is 11.3 Å². The number of thiazole rings is 1. The second kappa shape index (κ2) is 5.67. The van der Waals surface area contributed by atoms with Gasteiger partial charge in [-0.3, -0.25) is 4.79 Å². The zero-order valence-electron chi connectivity index (χ0n) is 10.6. The topological polar surface area (TPSA) is 42.0 Å². The first-order chi connectivity index (χ1) is 9.83. The van der Waals surface area contributed by atoms with Crippen LogP contribution in [0.4, 0.5) is 5.69 Å². The van der Waals surface area contributed by atoms with Crippen molar-refractivity contribution in [3.05, 3.63) is 71.7 Å². The first-order valence-electron chi connectivity index (χ1n) is 6.19. The standard InChI is InChI=1S/C16H12N2OS/c19-15(12-5-2-1-3-6-12)18-14-8-4-7-13(11-14)16-17-9-10-20-16/h1-11H,(H,18,19). The van der Waals surface area contributed by atoms with Crippen molar-refractivity contribution in [1.82, 2.24) is 4.98 Å². The fraction of sp³-hybridized carbons (Fsp3) is 0. The van der Waals surface area contributed by atoms with Crippen LogP contribution in [0.2, 0.25) is 0 Å². The monoisotopic (exact) mass is 280 g/mol. The molecular formula is C16H12N2OS. The Kier molecular flexibility index (Phi) is 3.56. The predicted octanol–water partition coefficient (Wildman–Crippen LogP) is 4.06. The van der Waals surface area contributed by atoms with E-state index in [1.165, 1.54) is 0 Å². The van der Waals surface area contributed by atoms with Gasteiger partial charge in [-0.25, -0.2) is 4.98 Å². The summed E-state index contributed by atoms with van der Waals surface area (Å²) in [5.41, 5.74) is 2.42. The average molecular weight is 280 g/mol. The average Bonchev–Trinajstić information content (AvgIpc) is 3.03. The van der Waals surface area contributed by atoms with Crippen molar-refractivity contribution in [2.75, 3.05) is 5.32 Å². The molecule has 0 aliphatic carbocycles. The molecule has 0 saturated carbocycles. The van der Waals surface area contributed by atoms with Crippen molar-refractivity contribution in [2.45, 2.75) is 0 Å². The molecule has 0 bridgehead atoms. The summed E-state index contributed by atoms with van der Waals surface area (Å²) in [7, 11) is 0. The Morgan fingerprint density at radius 3 is 2.65 bits per heavy atom. The van der Waals surface area contributed by atoms with Crippen LogP contribution in [0.15, 0.2) is 66.2 Å². The summed E-state index contributed by atoms with van der Waals surface area (Å²) in [6.07, 6.45) is 1.77. The van der Waals surface area contributed by atoms with Gasteiger partial charge in [-0.1, -0.05) is 30.3 Å². The smallest absolute Gasteiger partial charge is 0.255 e. The third-order valence-corrected chi connectivity index (χ3v) is 3.66. The quantitative estimate of drug-likeness (QED) is 0.786. The third-order valence-electron chi connectivity index (χ3n) is 2.84. The van der Waals surface area contributed by atoms with Crippen LogP contribution in [-0.2, 0) is 0 Å². The molecule has 0 aliphatic heterocycles. The maximum absolute atomic E-state index is 12.1. The van der Waals surface area contributed by atoms with Crippen LogP contribution in [-0.4, -0.2) is 10.9 Å². The summed E-state index contributed by atoms with van der Waals surface area (Å²) < 4.78 is 0. The lowest BCUT2D eigenvalue weighted by molar-refractivity contribution is 0.102. The van der Waals surface area contributed by atoms with Gasteiger partial charge in [-0.15, -0.1) is 11.3 Å².